The lowest BCUT2D eigenvalue weighted by Crippen LogP contribution is -2.34. The molecule has 18 heavy (non-hydrogen) atoms. The predicted molar refractivity (Wildman–Crippen MR) is 66.7 cm³/mol. The number of benzene rings is 1. The van der Waals surface area contributed by atoms with Crippen LogP contribution in [0.4, 0.5) is 8.78 Å². The minimum absolute atomic E-state index is 0.0304. The van der Waals surface area contributed by atoms with Crippen LogP contribution in [0.25, 0.3) is 0 Å². The summed E-state index contributed by atoms with van der Waals surface area (Å²) >= 11 is 5.61. The first-order valence-electron chi connectivity index (χ1n) is 5.61. The first-order valence-corrected chi connectivity index (χ1v) is 5.99. The van der Waals surface area contributed by atoms with Crippen molar-refractivity contribution < 1.29 is 13.6 Å². The van der Waals surface area contributed by atoms with Gasteiger partial charge in [-0.2, -0.15) is 0 Å². The zero-order chi connectivity index (χ0) is 13.4. The number of amides is 1. The lowest BCUT2D eigenvalue weighted by atomic mass is 10.2. The van der Waals surface area contributed by atoms with Crippen LogP contribution in [-0.2, 0) is 11.3 Å². The van der Waals surface area contributed by atoms with Crippen LogP contribution < -0.4 is 10.6 Å². The van der Waals surface area contributed by atoms with Crippen LogP contribution >= 0.6 is 11.6 Å². The van der Waals surface area contributed by atoms with Gasteiger partial charge in [-0.25, -0.2) is 4.39 Å². The minimum Gasteiger partial charge on any atom is -0.351 e. The van der Waals surface area contributed by atoms with Gasteiger partial charge in [0.05, 0.1) is 18.2 Å². The Bertz CT molecular complexity index is 402. The highest BCUT2D eigenvalue weighted by molar-refractivity contribution is 6.30. The van der Waals surface area contributed by atoms with E-state index in [9.17, 15) is 13.6 Å². The van der Waals surface area contributed by atoms with Crippen LogP contribution in [0.3, 0.4) is 0 Å². The maximum Gasteiger partial charge on any atom is 0.234 e. The normalized spacial score (nSPS) is 10.4. The Morgan fingerprint density at radius 3 is 2.89 bits per heavy atom. The van der Waals surface area contributed by atoms with Crippen molar-refractivity contribution in [3.8, 4) is 0 Å². The predicted octanol–water partition coefficient (Wildman–Crippen LogP) is 2.04. The Labute approximate surface area is 110 Å². The second-order valence-electron chi connectivity index (χ2n) is 3.71. The second-order valence-corrected chi connectivity index (χ2v) is 4.12. The molecule has 0 saturated carbocycles. The summed E-state index contributed by atoms with van der Waals surface area (Å²) in [6.07, 6.45) is 0.371. The Kier molecular flexibility index (Phi) is 6.60. The Balaban J connectivity index is 2.32. The summed E-state index contributed by atoms with van der Waals surface area (Å²) in [5.74, 6) is -0.793. The van der Waals surface area contributed by atoms with Crippen molar-refractivity contribution in [1.82, 2.24) is 10.6 Å². The van der Waals surface area contributed by atoms with Crippen molar-refractivity contribution in [1.29, 1.82) is 0 Å². The maximum atomic E-state index is 13.5. The van der Waals surface area contributed by atoms with E-state index in [-0.39, 0.29) is 24.0 Å². The lowest BCUT2D eigenvalue weighted by molar-refractivity contribution is -0.120. The summed E-state index contributed by atoms with van der Waals surface area (Å²) in [6, 6.07) is 4.62. The molecule has 0 aliphatic carbocycles. The van der Waals surface area contributed by atoms with Gasteiger partial charge in [0.1, 0.15) is 5.82 Å². The fourth-order valence-electron chi connectivity index (χ4n) is 1.34. The fraction of sp³-hybridized carbons (Fsp3) is 0.417. The van der Waals surface area contributed by atoms with Crippen LogP contribution in [0.1, 0.15) is 12.0 Å². The van der Waals surface area contributed by atoms with Crippen LogP contribution in [0, 0.1) is 5.82 Å². The van der Waals surface area contributed by atoms with Crippen molar-refractivity contribution in [3.63, 3.8) is 0 Å². The number of hydrogen-bond acceptors (Lipinski definition) is 2. The van der Waals surface area contributed by atoms with E-state index in [1.54, 1.807) is 12.1 Å². The number of nitrogens with one attached hydrogen (secondary N) is 2. The molecule has 100 valence electrons. The highest BCUT2D eigenvalue weighted by atomic mass is 35.5. The molecule has 0 aliphatic heterocycles. The zero-order valence-corrected chi connectivity index (χ0v) is 10.6. The van der Waals surface area contributed by atoms with E-state index < -0.39 is 12.5 Å². The number of carbonyl (C=O) groups excluding carboxylic acids is 1. The maximum absolute atomic E-state index is 13.5. The van der Waals surface area contributed by atoms with E-state index in [1.165, 1.54) is 6.07 Å². The summed E-state index contributed by atoms with van der Waals surface area (Å²) in [5.41, 5.74) is 0.333. The second kappa shape index (κ2) is 8.00. The molecule has 0 aromatic heterocycles. The monoisotopic (exact) mass is 276 g/mol. The van der Waals surface area contributed by atoms with Crippen molar-refractivity contribution in [2.75, 3.05) is 19.8 Å². The molecule has 0 fully saturated rings. The minimum atomic E-state index is -0.523. The van der Waals surface area contributed by atoms with Gasteiger partial charge in [0.15, 0.2) is 0 Å². The fourth-order valence-corrected chi connectivity index (χ4v) is 1.53. The van der Waals surface area contributed by atoms with Gasteiger partial charge in [-0.3, -0.25) is 9.18 Å². The summed E-state index contributed by atoms with van der Waals surface area (Å²) < 4.78 is 25.2. The Morgan fingerprint density at radius 1 is 1.39 bits per heavy atom. The van der Waals surface area contributed by atoms with Crippen molar-refractivity contribution in [2.24, 2.45) is 0 Å². The molecule has 0 saturated heterocycles. The Hall–Kier alpha value is -1.20. The van der Waals surface area contributed by atoms with Crippen LogP contribution in [0.2, 0.25) is 5.02 Å². The average molecular weight is 277 g/mol. The molecule has 0 heterocycles. The average Bonchev–Trinajstić information content (AvgIpc) is 2.36. The third-order valence-corrected chi connectivity index (χ3v) is 2.57. The number of hydrogen-bond donors (Lipinski definition) is 2. The largest absolute Gasteiger partial charge is 0.351 e. The van der Waals surface area contributed by atoms with Gasteiger partial charge in [-0.1, -0.05) is 23.7 Å². The van der Waals surface area contributed by atoms with Gasteiger partial charge in [-0.15, -0.1) is 0 Å². The van der Waals surface area contributed by atoms with Crippen molar-refractivity contribution in [2.45, 2.75) is 13.0 Å². The highest BCUT2D eigenvalue weighted by Crippen LogP contribution is 2.17. The molecule has 0 unspecified atom stereocenters. The van der Waals surface area contributed by atoms with E-state index in [0.717, 1.165) is 0 Å². The van der Waals surface area contributed by atoms with Crippen molar-refractivity contribution >= 4 is 17.5 Å². The molecule has 0 radical (unpaired) electrons. The van der Waals surface area contributed by atoms with Crippen LogP contribution in [0.15, 0.2) is 18.2 Å². The standard InChI is InChI=1S/C12H15ClF2N2O/c13-10-4-1-3-9(12(10)15)7-17-11(18)8-16-6-2-5-14/h1,3-4,16H,2,5-8H2,(H,17,18). The van der Waals surface area contributed by atoms with Crippen molar-refractivity contribution in [3.05, 3.63) is 34.6 Å². The van der Waals surface area contributed by atoms with E-state index >= 15 is 0 Å². The molecule has 2 N–H and O–H groups in total. The van der Waals surface area contributed by atoms with E-state index in [0.29, 0.717) is 18.5 Å². The number of alkyl halides is 1. The molecule has 1 amide bonds. The zero-order valence-electron chi connectivity index (χ0n) is 9.81. The molecule has 6 heteroatoms. The third kappa shape index (κ3) is 4.98. The van der Waals surface area contributed by atoms with Gasteiger partial charge >= 0.3 is 0 Å². The summed E-state index contributed by atoms with van der Waals surface area (Å²) in [5, 5.41) is 5.36. The first-order chi connectivity index (χ1) is 8.65. The highest BCUT2D eigenvalue weighted by Gasteiger charge is 2.07. The van der Waals surface area contributed by atoms with Crippen LogP contribution in [-0.4, -0.2) is 25.7 Å². The molecule has 0 bridgehead atoms. The third-order valence-electron chi connectivity index (χ3n) is 2.28. The van der Waals surface area contributed by atoms with E-state index in [4.69, 9.17) is 11.6 Å². The first kappa shape index (κ1) is 14.9. The van der Waals surface area contributed by atoms with E-state index in [1.807, 2.05) is 0 Å². The molecule has 0 aliphatic rings. The van der Waals surface area contributed by atoms with Gasteiger partial charge in [0, 0.05) is 12.1 Å². The van der Waals surface area contributed by atoms with Gasteiger partial charge in [0.2, 0.25) is 5.91 Å². The number of rotatable bonds is 7. The SMILES string of the molecule is O=C(CNCCCF)NCc1cccc(Cl)c1F. The van der Waals surface area contributed by atoms with Gasteiger partial charge in [-0.05, 0) is 19.0 Å². The molecule has 1 aromatic carbocycles. The smallest absolute Gasteiger partial charge is 0.234 e. The van der Waals surface area contributed by atoms with Gasteiger partial charge in [0.25, 0.3) is 0 Å². The van der Waals surface area contributed by atoms with Gasteiger partial charge < -0.3 is 10.6 Å². The Morgan fingerprint density at radius 2 is 2.17 bits per heavy atom. The summed E-state index contributed by atoms with van der Waals surface area (Å²) in [6.45, 7) is 0.190. The number of carbonyl (C=O) groups is 1. The number of halogens is 3. The quantitative estimate of drug-likeness (QED) is 0.749. The summed E-state index contributed by atoms with van der Waals surface area (Å²) in [4.78, 5) is 11.4. The molecular formula is C12H15ClF2N2O. The molecular weight excluding hydrogens is 262 g/mol. The molecule has 0 spiro atoms. The topological polar surface area (TPSA) is 41.1 Å². The molecule has 1 rings (SSSR count). The summed E-state index contributed by atoms with van der Waals surface area (Å²) in [7, 11) is 0. The van der Waals surface area contributed by atoms with E-state index in [2.05, 4.69) is 10.6 Å². The molecule has 3 nitrogen and oxygen atoms in total. The molecule has 1 aromatic rings. The van der Waals surface area contributed by atoms with Crippen LogP contribution in [0.5, 0.6) is 0 Å². The molecule has 0 atom stereocenters. The lowest BCUT2D eigenvalue weighted by Gasteiger charge is -2.07.